The summed E-state index contributed by atoms with van der Waals surface area (Å²) in [5, 5.41) is 0.661. The van der Waals surface area contributed by atoms with Crippen molar-refractivity contribution in [2.24, 2.45) is 0 Å². The number of nitrogens with zero attached hydrogens (tertiary/aromatic N) is 1. The number of aldehydes is 1. The van der Waals surface area contributed by atoms with E-state index in [2.05, 4.69) is 4.98 Å². The van der Waals surface area contributed by atoms with Gasteiger partial charge in [-0.25, -0.2) is 4.98 Å². The molecule has 1 heterocycles. The van der Waals surface area contributed by atoms with Crippen LogP contribution in [-0.4, -0.2) is 11.3 Å². The molecule has 0 N–H and O–H groups in total. The van der Waals surface area contributed by atoms with Gasteiger partial charge in [0.05, 0.1) is 0 Å². The van der Waals surface area contributed by atoms with E-state index in [1.165, 1.54) is 0 Å². The highest BCUT2D eigenvalue weighted by Gasteiger charge is 2.05. The van der Waals surface area contributed by atoms with Gasteiger partial charge in [0, 0.05) is 10.7 Å². The fraction of sp³-hybridized carbons (Fsp3) is 0.143. The predicted molar refractivity (Wildman–Crippen MR) is 70.1 cm³/mol. The Balaban J connectivity index is 2.13. The molecule has 0 aliphatic heterocycles. The topological polar surface area (TPSA) is 39.2 Å². The third kappa shape index (κ3) is 3.08. The summed E-state index contributed by atoms with van der Waals surface area (Å²) in [6, 6.07) is 10.9. The van der Waals surface area contributed by atoms with E-state index < -0.39 is 0 Å². The lowest BCUT2D eigenvalue weighted by molar-refractivity contribution is 0.111. The van der Waals surface area contributed by atoms with E-state index in [4.69, 9.17) is 16.3 Å². The number of carbonyl (C=O) groups excluding carboxylic acids is 1. The molecule has 1 aromatic carbocycles. The highest BCUT2D eigenvalue weighted by Crippen LogP contribution is 2.18. The predicted octanol–water partition coefficient (Wildman–Crippen LogP) is 3.43. The van der Waals surface area contributed by atoms with Gasteiger partial charge in [-0.05, 0) is 36.8 Å². The van der Waals surface area contributed by atoms with Crippen LogP contribution in [0.3, 0.4) is 0 Å². The van der Waals surface area contributed by atoms with Crippen molar-refractivity contribution in [3.8, 4) is 5.75 Å². The van der Waals surface area contributed by atoms with Crippen LogP contribution < -0.4 is 4.74 Å². The number of ether oxygens (including phenoxy) is 1. The Bertz CT molecular complexity index is 569. The second-order valence-corrected chi connectivity index (χ2v) is 4.31. The minimum atomic E-state index is 0.317. The molecule has 2 aromatic rings. The first-order valence-electron chi connectivity index (χ1n) is 5.49. The van der Waals surface area contributed by atoms with Crippen LogP contribution in [0.5, 0.6) is 5.75 Å². The standard InChI is InChI=1S/C14H12ClNO2/c1-10-5-6-14(13(8-17)16-10)18-9-11-3-2-4-12(15)7-11/h2-8H,9H2,1H3. The van der Waals surface area contributed by atoms with Gasteiger partial charge >= 0.3 is 0 Å². The summed E-state index contributed by atoms with van der Waals surface area (Å²) in [6.45, 7) is 2.18. The van der Waals surface area contributed by atoms with Gasteiger partial charge in [-0.3, -0.25) is 4.79 Å². The molecular weight excluding hydrogens is 250 g/mol. The molecule has 0 aliphatic carbocycles. The summed E-state index contributed by atoms with van der Waals surface area (Å²) in [5.74, 6) is 0.482. The number of aromatic nitrogens is 1. The lowest BCUT2D eigenvalue weighted by Gasteiger charge is -2.08. The minimum absolute atomic E-state index is 0.317. The van der Waals surface area contributed by atoms with Gasteiger partial charge in [0.15, 0.2) is 6.29 Å². The maximum absolute atomic E-state index is 10.9. The van der Waals surface area contributed by atoms with Gasteiger partial charge in [0.25, 0.3) is 0 Å². The zero-order chi connectivity index (χ0) is 13.0. The average Bonchev–Trinajstić information content (AvgIpc) is 2.37. The molecule has 2 rings (SSSR count). The number of benzene rings is 1. The molecule has 3 nitrogen and oxygen atoms in total. The Morgan fingerprint density at radius 3 is 2.89 bits per heavy atom. The third-order valence-electron chi connectivity index (χ3n) is 2.42. The molecule has 0 unspecified atom stereocenters. The monoisotopic (exact) mass is 261 g/mol. The van der Waals surface area contributed by atoms with Crippen LogP contribution in [0.25, 0.3) is 0 Å². The number of halogens is 1. The van der Waals surface area contributed by atoms with E-state index >= 15 is 0 Å². The molecular formula is C14H12ClNO2. The fourth-order valence-corrected chi connectivity index (χ4v) is 1.77. The van der Waals surface area contributed by atoms with Crippen LogP contribution in [0.1, 0.15) is 21.7 Å². The van der Waals surface area contributed by atoms with Gasteiger partial charge in [-0.15, -0.1) is 0 Å². The zero-order valence-corrected chi connectivity index (χ0v) is 10.6. The molecule has 1 aromatic heterocycles. The van der Waals surface area contributed by atoms with Gasteiger partial charge in [0.2, 0.25) is 0 Å². The summed E-state index contributed by atoms with van der Waals surface area (Å²) >= 11 is 5.88. The van der Waals surface area contributed by atoms with Crippen molar-refractivity contribution in [1.29, 1.82) is 0 Å². The third-order valence-corrected chi connectivity index (χ3v) is 2.66. The van der Waals surface area contributed by atoms with Crippen LogP contribution in [0, 0.1) is 6.92 Å². The molecule has 0 spiro atoms. The van der Waals surface area contributed by atoms with Crippen molar-refractivity contribution >= 4 is 17.9 Å². The van der Waals surface area contributed by atoms with Gasteiger partial charge in [-0.1, -0.05) is 23.7 Å². The van der Waals surface area contributed by atoms with E-state index in [1.54, 1.807) is 18.2 Å². The number of rotatable bonds is 4. The smallest absolute Gasteiger partial charge is 0.172 e. The molecule has 0 bridgehead atoms. The summed E-state index contributed by atoms with van der Waals surface area (Å²) in [7, 11) is 0. The molecule has 0 amide bonds. The molecule has 0 aliphatic rings. The van der Waals surface area contributed by atoms with Crippen LogP contribution in [0.2, 0.25) is 5.02 Å². The Morgan fingerprint density at radius 1 is 1.33 bits per heavy atom. The number of hydrogen-bond donors (Lipinski definition) is 0. The van der Waals surface area contributed by atoms with Crippen LogP contribution in [0.15, 0.2) is 36.4 Å². The van der Waals surface area contributed by atoms with Crippen molar-refractivity contribution in [1.82, 2.24) is 4.98 Å². The van der Waals surface area contributed by atoms with E-state index in [0.29, 0.717) is 29.4 Å². The second kappa shape index (κ2) is 5.65. The van der Waals surface area contributed by atoms with Gasteiger partial charge < -0.3 is 4.74 Å². The summed E-state index contributed by atoms with van der Waals surface area (Å²) in [5.41, 5.74) is 2.05. The Morgan fingerprint density at radius 2 is 2.17 bits per heavy atom. The van der Waals surface area contributed by atoms with Crippen molar-refractivity contribution < 1.29 is 9.53 Å². The van der Waals surface area contributed by atoms with Crippen LogP contribution >= 0.6 is 11.6 Å². The summed E-state index contributed by atoms with van der Waals surface area (Å²) in [6.07, 6.45) is 0.695. The highest BCUT2D eigenvalue weighted by atomic mass is 35.5. The number of aryl methyl sites for hydroxylation is 1. The molecule has 0 radical (unpaired) electrons. The highest BCUT2D eigenvalue weighted by molar-refractivity contribution is 6.30. The zero-order valence-electron chi connectivity index (χ0n) is 9.89. The molecule has 92 valence electrons. The molecule has 4 heteroatoms. The summed E-state index contributed by atoms with van der Waals surface area (Å²) in [4.78, 5) is 15.0. The maximum atomic E-state index is 10.9. The second-order valence-electron chi connectivity index (χ2n) is 3.87. The Hall–Kier alpha value is -1.87. The van der Waals surface area contributed by atoms with E-state index in [-0.39, 0.29) is 0 Å². The number of carbonyl (C=O) groups is 1. The number of pyridine rings is 1. The first-order chi connectivity index (χ1) is 8.69. The molecule has 0 saturated heterocycles. The normalized spacial score (nSPS) is 10.1. The largest absolute Gasteiger partial charge is 0.487 e. The first kappa shape index (κ1) is 12.6. The lowest BCUT2D eigenvalue weighted by Crippen LogP contribution is -2.00. The quantitative estimate of drug-likeness (QED) is 0.792. The van der Waals surface area contributed by atoms with Gasteiger partial charge in [0.1, 0.15) is 18.1 Å². The molecule has 0 fully saturated rings. The number of hydrogen-bond acceptors (Lipinski definition) is 3. The lowest BCUT2D eigenvalue weighted by atomic mass is 10.2. The Kier molecular flexibility index (Phi) is 3.95. The molecule has 0 atom stereocenters. The maximum Gasteiger partial charge on any atom is 0.172 e. The SMILES string of the molecule is Cc1ccc(OCc2cccc(Cl)c2)c(C=O)n1. The molecule has 18 heavy (non-hydrogen) atoms. The summed E-state index contributed by atoms with van der Waals surface area (Å²) < 4.78 is 5.57. The van der Waals surface area contributed by atoms with Crippen LogP contribution in [-0.2, 0) is 6.61 Å². The Labute approximate surface area is 110 Å². The van der Waals surface area contributed by atoms with Crippen molar-refractivity contribution in [3.05, 3.63) is 58.4 Å². The average molecular weight is 262 g/mol. The molecule has 0 saturated carbocycles. The van der Waals surface area contributed by atoms with E-state index in [0.717, 1.165) is 11.3 Å². The van der Waals surface area contributed by atoms with E-state index in [9.17, 15) is 4.79 Å². The fourth-order valence-electron chi connectivity index (χ4n) is 1.56. The van der Waals surface area contributed by atoms with Crippen LogP contribution in [0.4, 0.5) is 0 Å². The van der Waals surface area contributed by atoms with Crippen molar-refractivity contribution in [3.63, 3.8) is 0 Å². The van der Waals surface area contributed by atoms with Crippen molar-refractivity contribution in [2.75, 3.05) is 0 Å². The first-order valence-corrected chi connectivity index (χ1v) is 5.87. The van der Waals surface area contributed by atoms with Gasteiger partial charge in [-0.2, -0.15) is 0 Å². The minimum Gasteiger partial charge on any atom is -0.487 e. The van der Waals surface area contributed by atoms with Crippen molar-refractivity contribution in [2.45, 2.75) is 13.5 Å². The van der Waals surface area contributed by atoms with E-state index in [1.807, 2.05) is 25.1 Å².